The lowest BCUT2D eigenvalue weighted by Gasteiger charge is -2.16. The summed E-state index contributed by atoms with van der Waals surface area (Å²) < 4.78 is 52.1. The minimum absolute atomic E-state index is 0.151. The first-order valence-electron chi connectivity index (χ1n) is 5.76. The summed E-state index contributed by atoms with van der Waals surface area (Å²) in [7, 11) is 0. The Morgan fingerprint density at radius 1 is 1.05 bits per heavy atom. The SMILES string of the molecule is NC(c1cc(Cl)cc(Br)c1)c1ccc(F)c(C(F)(F)F)c1. The van der Waals surface area contributed by atoms with Crippen LogP contribution in [0.5, 0.6) is 0 Å². The first-order chi connectivity index (χ1) is 9.68. The van der Waals surface area contributed by atoms with Gasteiger partial charge in [0.2, 0.25) is 0 Å². The van der Waals surface area contributed by atoms with E-state index in [1.165, 1.54) is 6.07 Å². The molecule has 112 valence electrons. The van der Waals surface area contributed by atoms with Gasteiger partial charge in [0.1, 0.15) is 5.82 Å². The summed E-state index contributed by atoms with van der Waals surface area (Å²) in [5, 5.41) is 0.396. The zero-order chi connectivity index (χ0) is 15.8. The number of hydrogen-bond acceptors (Lipinski definition) is 1. The molecule has 21 heavy (non-hydrogen) atoms. The van der Waals surface area contributed by atoms with Crippen LogP contribution >= 0.6 is 27.5 Å². The Balaban J connectivity index is 2.46. The van der Waals surface area contributed by atoms with E-state index in [9.17, 15) is 17.6 Å². The molecular formula is C14H9BrClF4N. The number of nitrogens with two attached hydrogens (primary N) is 1. The summed E-state index contributed by atoms with van der Waals surface area (Å²) in [5.41, 5.74) is 5.28. The van der Waals surface area contributed by atoms with Gasteiger partial charge in [0.05, 0.1) is 11.6 Å². The van der Waals surface area contributed by atoms with Crippen LogP contribution in [-0.4, -0.2) is 0 Å². The van der Waals surface area contributed by atoms with Crippen LogP contribution in [0.2, 0.25) is 5.02 Å². The second-order valence-corrected chi connectivity index (χ2v) is 5.77. The van der Waals surface area contributed by atoms with Crippen LogP contribution in [0.15, 0.2) is 40.9 Å². The third kappa shape index (κ3) is 3.75. The van der Waals surface area contributed by atoms with E-state index < -0.39 is 23.6 Å². The van der Waals surface area contributed by atoms with Gasteiger partial charge in [0, 0.05) is 9.50 Å². The number of halogens is 6. The van der Waals surface area contributed by atoms with Crippen LogP contribution in [0.4, 0.5) is 17.6 Å². The molecule has 0 aromatic heterocycles. The molecule has 0 aliphatic carbocycles. The monoisotopic (exact) mass is 381 g/mol. The Morgan fingerprint density at radius 2 is 1.71 bits per heavy atom. The number of hydrogen-bond donors (Lipinski definition) is 1. The summed E-state index contributed by atoms with van der Waals surface area (Å²) >= 11 is 9.12. The van der Waals surface area contributed by atoms with E-state index in [1.807, 2.05) is 0 Å². The van der Waals surface area contributed by atoms with Crippen molar-refractivity contribution in [2.75, 3.05) is 0 Å². The molecule has 0 aliphatic heterocycles. The minimum Gasteiger partial charge on any atom is -0.320 e. The second kappa shape index (κ2) is 5.94. The fourth-order valence-corrected chi connectivity index (χ4v) is 2.79. The summed E-state index contributed by atoms with van der Waals surface area (Å²) in [5.74, 6) is -1.33. The van der Waals surface area contributed by atoms with E-state index in [-0.39, 0.29) is 5.56 Å². The Morgan fingerprint density at radius 3 is 2.29 bits per heavy atom. The smallest absolute Gasteiger partial charge is 0.320 e. The highest BCUT2D eigenvalue weighted by atomic mass is 79.9. The third-order valence-corrected chi connectivity index (χ3v) is 3.57. The van der Waals surface area contributed by atoms with Gasteiger partial charge in [-0.3, -0.25) is 0 Å². The minimum atomic E-state index is -4.77. The topological polar surface area (TPSA) is 26.0 Å². The molecule has 1 unspecified atom stereocenters. The highest BCUT2D eigenvalue weighted by Gasteiger charge is 2.34. The Kier molecular flexibility index (Phi) is 4.60. The van der Waals surface area contributed by atoms with E-state index >= 15 is 0 Å². The standard InChI is InChI=1S/C14H9BrClF4N/c15-9-3-8(4-10(16)6-9)13(21)7-1-2-12(17)11(5-7)14(18,19)20/h1-6,13H,21H2. The van der Waals surface area contributed by atoms with Crippen molar-refractivity contribution < 1.29 is 17.6 Å². The lowest BCUT2D eigenvalue weighted by atomic mass is 9.97. The predicted octanol–water partition coefficient (Wildman–Crippen LogP) is 5.31. The molecule has 0 spiro atoms. The van der Waals surface area contributed by atoms with Crippen LogP contribution in [0.3, 0.4) is 0 Å². The Labute approximate surface area is 131 Å². The maximum atomic E-state index is 13.3. The van der Waals surface area contributed by atoms with E-state index in [1.54, 1.807) is 18.2 Å². The maximum absolute atomic E-state index is 13.3. The molecule has 2 rings (SSSR count). The Bertz CT molecular complexity index is 652. The molecule has 0 amide bonds. The fourth-order valence-electron chi connectivity index (χ4n) is 1.90. The molecule has 0 saturated carbocycles. The highest BCUT2D eigenvalue weighted by molar-refractivity contribution is 9.10. The van der Waals surface area contributed by atoms with Crippen LogP contribution in [0.25, 0.3) is 0 Å². The van der Waals surface area contributed by atoms with Gasteiger partial charge in [-0.2, -0.15) is 13.2 Å². The summed E-state index contributed by atoms with van der Waals surface area (Å²) in [6, 6.07) is 6.68. The molecule has 0 fully saturated rings. The highest BCUT2D eigenvalue weighted by Crippen LogP contribution is 2.34. The average molecular weight is 383 g/mol. The van der Waals surface area contributed by atoms with E-state index in [4.69, 9.17) is 17.3 Å². The predicted molar refractivity (Wildman–Crippen MR) is 76.6 cm³/mol. The zero-order valence-corrected chi connectivity index (χ0v) is 12.7. The summed E-state index contributed by atoms with van der Waals surface area (Å²) in [6.07, 6.45) is -4.77. The van der Waals surface area contributed by atoms with Crippen molar-refractivity contribution in [1.29, 1.82) is 0 Å². The molecule has 1 nitrogen and oxygen atoms in total. The molecule has 2 N–H and O–H groups in total. The fraction of sp³-hybridized carbons (Fsp3) is 0.143. The van der Waals surface area contributed by atoms with Crippen molar-refractivity contribution >= 4 is 27.5 Å². The molecule has 2 aromatic carbocycles. The van der Waals surface area contributed by atoms with Crippen LogP contribution in [0, 0.1) is 5.82 Å². The second-order valence-electron chi connectivity index (χ2n) is 4.42. The molecule has 7 heteroatoms. The van der Waals surface area contributed by atoms with Gasteiger partial charge < -0.3 is 5.73 Å². The molecule has 0 radical (unpaired) electrons. The quantitative estimate of drug-likeness (QED) is 0.700. The lowest BCUT2D eigenvalue weighted by molar-refractivity contribution is -0.140. The number of rotatable bonds is 2. The normalized spacial score (nSPS) is 13.3. The zero-order valence-electron chi connectivity index (χ0n) is 10.4. The summed E-state index contributed by atoms with van der Waals surface area (Å²) in [6.45, 7) is 0. The van der Waals surface area contributed by atoms with E-state index in [0.717, 1.165) is 12.1 Å². The molecule has 0 saturated heterocycles. The van der Waals surface area contributed by atoms with Gasteiger partial charge in [-0.15, -0.1) is 0 Å². The molecular weight excluding hydrogens is 374 g/mol. The maximum Gasteiger partial charge on any atom is 0.419 e. The summed E-state index contributed by atoms with van der Waals surface area (Å²) in [4.78, 5) is 0. The third-order valence-electron chi connectivity index (χ3n) is 2.90. The van der Waals surface area contributed by atoms with Crippen LogP contribution in [-0.2, 0) is 6.18 Å². The van der Waals surface area contributed by atoms with Gasteiger partial charge in [0.15, 0.2) is 0 Å². The van der Waals surface area contributed by atoms with Crippen LogP contribution in [0.1, 0.15) is 22.7 Å². The van der Waals surface area contributed by atoms with Crippen LogP contribution < -0.4 is 5.73 Å². The molecule has 0 aliphatic rings. The number of alkyl halides is 3. The first-order valence-corrected chi connectivity index (χ1v) is 6.94. The van der Waals surface area contributed by atoms with Crippen molar-refractivity contribution in [2.45, 2.75) is 12.2 Å². The lowest BCUT2D eigenvalue weighted by Crippen LogP contribution is -2.15. The van der Waals surface area contributed by atoms with E-state index in [2.05, 4.69) is 15.9 Å². The largest absolute Gasteiger partial charge is 0.419 e. The van der Waals surface area contributed by atoms with Gasteiger partial charge >= 0.3 is 6.18 Å². The molecule has 0 bridgehead atoms. The molecule has 1 atom stereocenters. The number of benzene rings is 2. The van der Waals surface area contributed by atoms with Gasteiger partial charge in [-0.25, -0.2) is 4.39 Å². The van der Waals surface area contributed by atoms with Gasteiger partial charge in [-0.05, 0) is 41.5 Å². The van der Waals surface area contributed by atoms with Crippen molar-refractivity contribution in [3.05, 3.63) is 68.4 Å². The van der Waals surface area contributed by atoms with Gasteiger partial charge in [0.25, 0.3) is 0 Å². The van der Waals surface area contributed by atoms with Crippen molar-refractivity contribution in [3.8, 4) is 0 Å². The molecule has 0 heterocycles. The molecule has 2 aromatic rings. The van der Waals surface area contributed by atoms with Crippen molar-refractivity contribution in [2.24, 2.45) is 5.73 Å². The van der Waals surface area contributed by atoms with Crippen molar-refractivity contribution in [3.63, 3.8) is 0 Å². The Hall–Kier alpha value is -1.11. The van der Waals surface area contributed by atoms with Crippen molar-refractivity contribution in [1.82, 2.24) is 0 Å². The first kappa shape index (κ1) is 16.3. The van der Waals surface area contributed by atoms with Gasteiger partial charge in [-0.1, -0.05) is 33.6 Å². The van der Waals surface area contributed by atoms with E-state index in [0.29, 0.717) is 15.1 Å². The average Bonchev–Trinajstić information content (AvgIpc) is 2.36.